The molecule has 2 aliphatic rings. The Morgan fingerprint density at radius 2 is 1.49 bits per heavy atom. The van der Waals surface area contributed by atoms with Gasteiger partial charge in [-0.25, -0.2) is 4.79 Å². The first kappa shape index (κ1) is 31.1. The monoisotopic (exact) mass is 563 g/mol. The van der Waals surface area contributed by atoms with Gasteiger partial charge in [0.2, 0.25) is 0 Å². The minimum atomic E-state index is -1.25. The van der Waals surface area contributed by atoms with Crippen LogP contribution in [-0.2, 0) is 26.3 Å². The summed E-state index contributed by atoms with van der Waals surface area (Å²) >= 11 is 0. The SMILES string of the molecule is CC(C)CN(C(=O)OCc1ccccc1)C12CCC(C)(C(C(=O)OC(C)(C)C(C)(C)O)(c3ccccc3)C1)C2(C)C. The smallest absolute Gasteiger partial charge is 0.410 e. The van der Waals surface area contributed by atoms with E-state index < -0.39 is 33.0 Å². The van der Waals surface area contributed by atoms with Crippen LogP contribution >= 0.6 is 0 Å². The molecule has 0 saturated heterocycles. The van der Waals surface area contributed by atoms with Crippen LogP contribution in [0.15, 0.2) is 60.7 Å². The Labute approximate surface area is 246 Å². The Morgan fingerprint density at radius 3 is 2.02 bits per heavy atom. The van der Waals surface area contributed by atoms with Crippen molar-refractivity contribution in [3.8, 4) is 0 Å². The first-order chi connectivity index (χ1) is 19.0. The molecule has 2 aliphatic carbocycles. The van der Waals surface area contributed by atoms with E-state index in [1.165, 1.54) is 0 Å². The highest BCUT2D eigenvalue weighted by Crippen LogP contribution is 2.77. The molecular formula is C35H49NO5. The number of fused-ring (bicyclic) bond motifs is 2. The third kappa shape index (κ3) is 4.76. The fourth-order valence-corrected chi connectivity index (χ4v) is 7.44. The van der Waals surface area contributed by atoms with E-state index in [0.29, 0.717) is 13.0 Å². The topological polar surface area (TPSA) is 76.1 Å². The molecule has 0 aliphatic heterocycles. The number of amides is 1. The predicted octanol–water partition coefficient (Wildman–Crippen LogP) is 7.28. The maximum Gasteiger partial charge on any atom is 0.410 e. The van der Waals surface area contributed by atoms with Gasteiger partial charge in [0.25, 0.3) is 0 Å². The van der Waals surface area contributed by atoms with Gasteiger partial charge in [-0.3, -0.25) is 4.79 Å². The van der Waals surface area contributed by atoms with Crippen molar-refractivity contribution in [1.29, 1.82) is 0 Å². The van der Waals surface area contributed by atoms with Crippen LogP contribution in [0.25, 0.3) is 0 Å². The number of aliphatic hydroxyl groups is 1. The molecule has 2 saturated carbocycles. The van der Waals surface area contributed by atoms with Crippen molar-refractivity contribution >= 4 is 12.1 Å². The van der Waals surface area contributed by atoms with Crippen LogP contribution in [0.1, 0.15) is 92.7 Å². The van der Waals surface area contributed by atoms with Crippen molar-refractivity contribution in [3.63, 3.8) is 0 Å². The number of hydrogen-bond acceptors (Lipinski definition) is 5. The second-order valence-corrected chi connectivity index (χ2v) is 14.4. The number of benzene rings is 2. The number of hydrogen-bond donors (Lipinski definition) is 1. The minimum absolute atomic E-state index is 0.188. The van der Waals surface area contributed by atoms with E-state index in [0.717, 1.165) is 24.0 Å². The molecule has 4 rings (SSSR count). The first-order valence-corrected chi connectivity index (χ1v) is 14.9. The second kappa shape index (κ2) is 10.4. The average molecular weight is 564 g/mol. The lowest BCUT2D eigenvalue weighted by Gasteiger charge is -2.49. The van der Waals surface area contributed by atoms with E-state index in [9.17, 15) is 14.7 Å². The number of rotatable bonds is 9. The zero-order chi connectivity index (χ0) is 30.5. The van der Waals surface area contributed by atoms with Crippen molar-refractivity contribution in [2.24, 2.45) is 16.7 Å². The summed E-state index contributed by atoms with van der Waals surface area (Å²) in [6, 6.07) is 19.6. The van der Waals surface area contributed by atoms with Gasteiger partial charge in [0, 0.05) is 6.54 Å². The van der Waals surface area contributed by atoms with Gasteiger partial charge in [-0.05, 0) is 74.8 Å². The number of nitrogens with zero attached hydrogens (tertiary/aromatic N) is 1. The molecular weight excluding hydrogens is 514 g/mol. The van der Waals surface area contributed by atoms with E-state index >= 15 is 0 Å². The van der Waals surface area contributed by atoms with Gasteiger partial charge in [0.15, 0.2) is 0 Å². The quantitative estimate of drug-likeness (QED) is 0.325. The zero-order valence-electron chi connectivity index (χ0n) is 26.4. The van der Waals surface area contributed by atoms with E-state index in [1.807, 2.05) is 65.6 Å². The lowest BCUT2D eigenvalue weighted by atomic mass is 9.55. The molecule has 6 heteroatoms. The Kier molecular flexibility index (Phi) is 7.92. The Hall–Kier alpha value is -2.86. The largest absolute Gasteiger partial charge is 0.456 e. The number of carbonyl (C=O) groups is 2. The highest BCUT2D eigenvalue weighted by atomic mass is 16.6. The van der Waals surface area contributed by atoms with Gasteiger partial charge in [0.05, 0.1) is 11.1 Å². The Bertz CT molecular complexity index is 1250. The molecule has 2 aromatic carbocycles. The number of carbonyl (C=O) groups excluding carboxylic acids is 2. The molecule has 0 spiro atoms. The molecule has 224 valence electrons. The summed E-state index contributed by atoms with van der Waals surface area (Å²) in [5.41, 5.74) is -3.25. The molecule has 2 aromatic rings. The molecule has 2 fully saturated rings. The molecule has 2 bridgehead atoms. The van der Waals surface area contributed by atoms with Crippen LogP contribution in [0.3, 0.4) is 0 Å². The van der Waals surface area contributed by atoms with E-state index in [1.54, 1.807) is 27.7 Å². The second-order valence-electron chi connectivity index (χ2n) is 14.4. The van der Waals surface area contributed by atoms with Crippen LogP contribution < -0.4 is 0 Å². The maximum absolute atomic E-state index is 14.7. The maximum atomic E-state index is 14.7. The van der Waals surface area contributed by atoms with Gasteiger partial charge in [0.1, 0.15) is 17.6 Å². The molecule has 6 nitrogen and oxygen atoms in total. The van der Waals surface area contributed by atoms with Crippen molar-refractivity contribution in [1.82, 2.24) is 4.90 Å². The van der Waals surface area contributed by atoms with Crippen LogP contribution in [0.2, 0.25) is 0 Å². The zero-order valence-corrected chi connectivity index (χ0v) is 26.4. The van der Waals surface area contributed by atoms with Crippen LogP contribution in [0.4, 0.5) is 4.79 Å². The normalized spacial score (nSPS) is 27.1. The molecule has 0 heterocycles. The third-order valence-electron chi connectivity index (χ3n) is 11.0. The van der Waals surface area contributed by atoms with E-state index in [-0.39, 0.29) is 24.6 Å². The summed E-state index contributed by atoms with van der Waals surface area (Å²) in [4.78, 5) is 30.7. The van der Waals surface area contributed by atoms with E-state index in [4.69, 9.17) is 9.47 Å². The van der Waals surface area contributed by atoms with Gasteiger partial charge in [-0.1, -0.05) is 95.3 Å². The van der Waals surface area contributed by atoms with Crippen molar-refractivity contribution in [2.45, 2.75) is 110 Å². The van der Waals surface area contributed by atoms with Crippen molar-refractivity contribution < 1.29 is 24.2 Å². The fourth-order valence-electron chi connectivity index (χ4n) is 7.44. The average Bonchev–Trinajstić information content (AvgIpc) is 3.20. The van der Waals surface area contributed by atoms with Gasteiger partial charge >= 0.3 is 12.1 Å². The summed E-state index contributed by atoms with van der Waals surface area (Å²) < 4.78 is 12.3. The molecule has 3 unspecified atom stereocenters. The molecule has 0 aromatic heterocycles. The third-order valence-corrected chi connectivity index (χ3v) is 11.0. The lowest BCUT2D eigenvalue weighted by molar-refractivity contribution is -0.193. The minimum Gasteiger partial charge on any atom is -0.456 e. The lowest BCUT2D eigenvalue weighted by Crippen LogP contribution is -2.58. The highest BCUT2D eigenvalue weighted by molar-refractivity contribution is 5.87. The molecule has 41 heavy (non-hydrogen) atoms. The summed E-state index contributed by atoms with van der Waals surface area (Å²) in [5, 5.41) is 10.9. The number of ether oxygens (including phenoxy) is 2. The number of esters is 1. The summed E-state index contributed by atoms with van der Waals surface area (Å²) in [6.07, 6.45) is 1.57. The summed E-state index contributed by atoms with van der Waals surface area (Å²) in [6.45, 7) is 18.4. The van der Waals surface area contributed by atoms with Crippen LogP contribution in [0.5, 0.6) is 0 Å². The van der Waals surface area contributed by atoms with Gasteiger partial charge in [-0.2, -0.15) is 0 Å². The van der Waals surface area contributed by atoms with Gasteiger partial charge in [-0.15, -0.1) is 0 Å². The summed E-state index contributed by atoms with van der Waals surface area (Å²) in [5.74, 6) is -0.153. The van der Waals surface area contributed by atoms with Crippen molar-refractivity contribution in [3.05, 3.63) is 71.8 Å². The molecule has 0 radical (unpaired) electrons. The molecule has 3 atom stereocenters. The van der Waals surface area contributed by atoms with E-state index in [2.05, 4.69) is 34.6 Å². The first-order valence-electron chi connectivity index (χ1n) is 14.9. The van der Waals surface area contributed by atoms with Gasteiger partial charge < -0.3 is 19.5 Å². The Balaban J connectivity index is 1.84. The van der Waals surface area contributed by atoms with Crippen molar-refractivity contribution in [2.75, 3.05) is 6.54 Å². The standard InChI is InChI=1S/C35H49NO5/c1-25(2)22-36(29(38)40-23-26-16-12-10-13-17-26)34-21-20-33(9,30(34,3)4)35(24-34,27-18-14-11-15-19-27)28(37)41-32(7,8)31(5,6)39/h10-19,25,39H,20-24H2,1-9H3. The highest BCUT2D eigenvalue weighted by Gasteiger charge is 2.80. The molecule has 1 N–H and O–H groups in total. The Morgan fingerprint density at radius 1 is 0.927 bits per heavy atom. The predicted molar refractivity (Wildman–Crippen MR) is 161 cm³/mol. The fraction of sp³-hybridized carbons (Fsp3) is 0.600. The van der Waals surface area contributed by atoms with Crippen LogP contribution in [-0.4, -0.2) is 45.4 Å². The summed E-state index contributed by atoms with van der Waals surface area (Å²) in [7, 11) is 0. The van der Waals surface area contributed by atoms with Crippen LogP contribution in [0, 0.1) is 16.7 Å². The molecule has 1 amide bonds.